The van der Waals surface area contributed by atoms with E-state index in [1.54, 1.807) is 0 Å². The fourth-order valence-electron chi connectivity index (χ4n) is 0.611. The van der Waals surface area contributed by atoms with E-state index >= 15 is 0 Å². The Balaban J connectivity index is 2.86. The van der Waals surface area contributed by atoms with E-state index in [-0.39, 0.29) is 0 Å². The summed E-state index contributed by atoms with van der Waals surface area (Å²) < 4.78 is 0. The van der Waals surface area contributed by atoms with Crippen molar-refractivity contribution in [3.63, 3.8) is 0 Å². The third-order valence-corrected chi connectivity index (χ3v) is 1.35. The minimum absolute atomic E-state index is 0.414. The first-order valence-electron chi connectivity index (χ1n) is 3.36. The van der Waals surface area contributed by atoms with Crippen LogP contribution < -0.4 is 0 Å². The number of hydrogen-bond acceptors (Lipinski definition) is 0. The molecule has 0 aliphatic carbocycles. The number of rotatable bonds is 4. The lowest BCUT2D eigenvalue weighted by Gasteiger charge is -2.03. The van der Waals surface area contributed by atoms with Gasteiger partial charge in [0.1, 0.15) is 0 Å². The minimum atomic E-state index is 0.414. The Labute approximate surface area is 53.3 Å². The van der Waals surface area contributed by atoms with Crippen LogP contribution in [-0.4, -0.2) is 0 Å². The standard InChI is InChI=1S/C8H15/c1-4-6-7-8(3)5-2/h3,8H,1,4-7H2,2H3. The summed E-state index contributed by atoms with van der Waals surface area (Å²) in [7, 11) is 0. The van der Waals surface area contributed by atoms with E-state index in [0.29, 0.717) is 5.92 Å². The zero-order valence-electron chi connectivity index (χ0n) is 5.69. The van der Waals surface area contributed by atoms with Crippen LogP contribution in [0.1, 0.15) is 32.6 Å². The highest BCUT2D eigenvalue weighted by Gasteiger charge is 1.95. The third-order valence-electron chi connectivity index (χ3n) is 1.35. The molecule has 0 bridgehead atoms. The van der Waals surface area contributed by atoms with E-state index in [1.165, 1.54) is 6.42 Å². The van der Waals surface area contributed by atoms with Gasteiger partial charge in [-0.25, -0.2) is 0 Å². The summed E-state index contributed by atoms with van der Waals surface area (Å²) in [6.07, 6.45) is 4.43. The van der Waals surface area contributed by atoms with Crippen LogP contribution in [-0.2, 0) is 0 Å². The molecule has 0 spiro atoms. The van der Waals surface area contributed by atoms with Gasteiger partial charge < -0.3 is 0 Å². The highest BCUT2D eigenvalue weighted by molar-refractivity contribution is 4.58. The molecule has 0 rings (SSSR count). The molecule has 0 N–H and O–H groups in total. The van der Waals surface area contributed by atoms with Gasteiger partial charge >= 0.3 is 0 Å². The van der Waals surface area contributed by atoms with Crippen LogP contribution in [0.25, 0.3) is 0 Å². The Morgan fingerprint density at radius 1 is 1.62 bits per heavy atom. The van der Waals surface area contributed by atoms with E-state index in [4.69, 9.17) is 6.92 Å². The maximum atomic E-state index is 5.63. The predicted octanol–water partition coefficient (Wildman–Crippen LogP) is 2.73. The second-order valence-electron chi connectivity index (χ2n) is 2.16. The van der Waals surface area contributed by atoms with Crippen molar-refractivity contribution >= 4 is 0 Å². The van der Waals surface area contributed by atoms with E-state index in [1.807, 2.05) is 0 Å². The van der Waals surface area contributed by atoms with Crippen molar-refractivity contribution in [3.05, 3.63) is 13.8 Å². The van der Waals surface area contributed by atoms with Gasteiger partial charge in [0.15, 0.2) is 0 Å². The molecule has 0 aliphatic rings. The van der Waals surface area contributed by atoms with Crippen molar-refractivity contribution in [1.29, 1.82) is 0 Å². The van der Waals surface area contributed by atoms with Gasteiger partial charge in [-0.1, -0.05) is 39.5 Å². The lowest BCUT2D eigenvalue weighted by atomic mass is 10.0. The number of unbranched alkanes of at least 4 members (excludes halogenated alkanes) is 1. The van der Waals surface area contributed by atoms with Crippen molar-refractivity contribution in [2.45, 2.75) is 32.6 Å². The molecule has 0 amide bonds. The monoisotopic (exact) mass is 111 g/mol. The van der Waals surface area contributed by atoms with Crippen LogP contribution in [0, 0.1) is 19.8 Å². The Hall–Kier alpha value is 0. The van der Waals surface area contributed by atoms with Gasteiger partial charge in [0.25, 0.3) is 0 Å². The molecule has 0 heteroatoms. The maximum Gasteiger partial charge on any atom is -0.0318 e. The molecule has 0 aromatic heterocycles. The normalized spacial score (nSPS) is 13.9. The van der Waals surface area contributed by atoms with Gasteiger partial charge in [-0.15, -0.1) is 0 Å². The zero-order chi connectivity index (χ0) is 6.41. The maximum absolute atomic E-state index is 5.63. The Morgan fingerprint density at radius 3 is 2.62 bits per heavy atom. The second kappa shape index (κ2) is 5.14. The summed E-state index contributed by atoms with van der Waals surface area (Å²) in [6, 6.07) is 0. The first kappa shape index (κ1) is 8.00. The highest BCUT2D eigenvalue weighted by atomic mass is 14.0. The summed E-state index contributed by atoms with van der Waals surface area (Å²) >= 11 is 0. The largest absolute Gasteiger partial charge is 0.0651 e. The van der Waals surface area contributed by atoms with Crippen LogP contribution in [0.15, 0.2) is 0 Å². The fourth-order valence-corrected chi connectivity index (χ4v) is 0.611. The van der Waals surface area contributed by atoms with Gasteiger partial charge in [0, 0.05) is 0 Å². The fraction of sp³-hybridized carbons (Fsp3) is 0.750. The molecule has 0 heterocycles. The van der Waals surface area contributed by atoms with Crippen molar-refractivity contribution in [3.8, 4) is 0 Å². The summed E-state index contributed by atoms with van der Waals surface area (Å²) in [6.45, 7) is 11.5. The molecule has 0 saturated heterocycles. The lowest BCUT2D eigenvalue weighted by Crippen LogP contribution is -1.90. The molecule has 0 aliphatic heterocycles. The molecule has 8 heavy (non-hydrogen) atoms. The SMILES string of the molecule is [CH]C(CC)CCC[CH2]. The Bertz CT molecular complexity index is 39.3. The van der Waals surface area contributed by atoms with Crippen LogP contribution in [0.5, 0.6) is 0 Å². The second-order valence-corrected chi connectivity index (χ2v) is 2.16. The summed E-state index contributed by atoms with van der Waals surface area (Å²) in [5, 5.41) is 0. The lowest BCUT2D eigenvalue weighted by molar-refractivity contribution is 0.545. The molecule has 47 valence electrons. The first-order chi connectivity index (χ1) is 3.81. The van der Waals surface area contributed by atoms with E-state index in [0.717, 1.165) is 19.3 Å². The topological polar surface area (TPSA) is 0 Å². The van der Waals surface area contributed by atoms with E-state index < -0.39 is 0 Å². The van der Waals surface area contributed by atoms with Crippen molar-refractivity contribution in [1.82, 2.24) is 0 Å². The van der Waals surface area contributed by atoms with Crippen molar-refractivity contribution in [2.75, 3.05) is 0 Å². The predicted molar refractivity (Wildman–Crippen MR) is 37.3 cm³/mol. The summed E-state index contributed by atoms with van der Waals surface area (Å²) in [4.78, 5) is 0. The minimum Gasteiger partial charge on any atom is -0.0651 e. The summed E-state index contributed by atoms with van der Waals surface area (Å²) in [5.41, 5.74) is 0. The van der Waals surface area contributed by atoms with Gasteiger partial charge in [-0.2, -0.15) is 0 Å². The average Bonchev–Trinajstić information content (AvgIpc) is 1.83. The Kier molecular flexibility index (Phi) is 5.14. The van der Waals surface area contributed by atoms with E-state index in [9.17, 15) is 0 Å². The molecule has 0 aromatic carbocycles. The molecule has 0 nitrogen and oxygen atoms in total. The molecule has 1 unspecified atom stereocenters. The highest BCUT2D eigenvalue weighted by Crippen LogP contribution is 2.09. The average molecular weight is 111 g/mol. The smallest absolute Gasteiger partial charge is 0.0318 e. The molecule has 3 radical (unpaired) electrons. The van der Waals surface area contributed by atoms with Crippen molar-refractivity contribution < 1.29 is 0 Å². The van der Waals surface area contributed by atoms with Crippen molar-refractivity contribution in [2.24, 2.45) is 5.92 Å². The molecular weight excluding hydrogens is 96.1 g/mol. The Morgan fingerprint density at radius 2 is 2.25 bits per heavy atom. The van der Waals surface area contributed by atoms with Crippen LogP contribution in [0.3, 0.4) is 0 Å². The van der Waals surface area contributed by atoms with Gasteiger partial charge in [0.2, 0.25) is 0 Å². The summed E-state index contributed by atoms with van der Waals surface area (Å²) in [5.74, 6) is 0.414. The molecule has 1 atom stereocenters. The van der Waals surface area contributed by atoms with Crippen LogP contribution in [0.2, 0.25) is 0 Å². The molecular formula is C8H15. The zero-order valence-corrected chi connectivity index (χ0v) is 5.69. The number of hydrogen-bond donors (Lipinski definition) is 0. The van der Waals surface area contributed by atoms with Gasteiger partial charge in [0.05, 0.1) is 0 Å². The van der Waals surface area contributed by atoms with Crippen LogP contribution in [0.4, 0.5) is 0 Å². The molecule has 0 aromatic rings. The quantitative estimate of drug-likeness (QED) is 0.523. The van der Waals surface area contributed by atoms with Gasteiger partial charge in [-0.05, 0) is 12.8 Å². The van der Waals surface area contributed by atoms with Crippen LogP contribution >= 0.6 is 0 Å². The third kappa shape index (κ3) is 4.17. The van der Waals surface area contributed by atoms with Gasteiger partial charge in [-0.3, -0.25) is 0 Å². The first-order valence-corrected chi connectivity index (χ1v) is 3.36. The molecule has 0 saturated carbocycles. The van der Waals surface area contributed by atoms with E-state index in [2.05, 4.69) is 13.8 Å². The molecule has 0 fully saturated rings.